The highest BCUT2D eigenvalue weighted by Gasteiger charge is 2.46. The Balaban J connectivity index is 1.22. The fraction of sp³-hybridized carbons (Fsp3) is 0.621. The largest absolute Gasteiger partial charge is 0.364 e. The van der Waals surface area contributed by atoms with Gasteiger partial charge in [-0.1, -0.05) is 5.16 Å². The molecule has 3 aromatic heterocycles. The number of aromatic nitrogens is 4. The molecule has 10 nitrogen and oxygen atoms in total. The molecule has 2 atom stereocenters. The van der Waals surface area contributed by atoms with E-state index in [1.807, 2.05) is 0 Å². The molecule has 2 amide bonds. The van der Waals surface area contributed by atoms with E-state index in [-0.39, 0.29) is 80.0 Å². The van der Waals surface area contributed by atoms with Gasteiger partial charge in [0.1, 0.15) is 17.5 Å². The summed E-state index contributed by atoms with van der Waals surface area (Å²) in [7, 11) is 0. The third kappa shape index (κ3) is 7.42. The molecule has 3 saturated carbocycles. The molecular formula is C29H32F6N6O4. The van der Waals surface area contributed by atoms with Crippen molar-refractivity contribution in [2.75, 3.05) is 0 Å². The third-order valence-corrected chi connectivity index (χ3v) is 8.85. The molecule has 3 aliphatic carbocycles. The van der Waals surface area contributed by atoms with Crippen molar-refractivity contribution < 1.29 is 45.2 Å². The van der Waals surface area contributed by atoms with Crippen LogP contribution in [0.5, 0.6) is 0 Å². The van der Waals surface area contributed by atoms with Gasteiger partial charge in [0.05, 0.1) is 36.8 Å². The van der Waals surface area contributed by atoms with E-state index in [2.05, 4.69) is 30.6 Å². The van der Waals surface area contributed by atoms with Crippen molar-refractivity contribution in [1.82, 2.24) is 30.4 Å². The van der Waals surface area contributed by atoms with Crippen LogP contribution < -0.4 is 10.6 Å². The Labute approximate surface area is 253 Å². The second kappa shape index (κ2) is 12.2. The Hall–Kier alpha value is -3.69. The molecule has 16 heteroatoms. The zero-order chi connectivity index (χ0) is 31.9. The molecule has 6 rings (SSSR count). The molecular weight excluding hydrogens is 610 g/mol. The van der Waals surface area contributed by atoms with Gasteiger partial charge in [-0.15, -0.1) is 0 Å². The molecule has 0 aliphatic heterocycles. The van der Waals surface area contributed by atoms with Gasteiger partial charge >= 0.3 is 6.61 Å². The molecule has 0 unspecified atom stereocenters. The first kappa shape index (κ1) is 31.3. The normalized spacial score (nSPS) is 21.4. The van der Waals surface area contributed by atoms with Gasteiger partial charge in [-0.3, -0.25) is 9.59 Å². The summed E-state index contributed by atoms with van der Waals surface area (Å²) in [5.41, 5.74) is 1.13. The number of hydrogen-bond donors (Lipinski definition) is 2. The number of ether oxygens (including phenoxy) is 1. The summed E-state index contributed by atoms with van der Waals surface area (Å²) in [6.45, 7) is -3.77. The number of amides is 2. The SMILES string of the molecule is O=C(CC1CC(F)(F)C1)N[C@@H](c1cnn2cc([C@@H](NC(=O)c3conc3COC(F)F)C3CCC(F)(F)CC3)nc2c1)C1CC1. The van der Waals surface area contributed by atoms with Crippen LogP contribution in [-0.2, 0) is 16.1 Å². The van der Waals surface area contributed by atoms with Crippen LogP contribution in [0, 0.1) is 17.8 Å². The first-order valence-corrected chi connectivity index (χ1v) is 14.9. The van der Waals surface area contributed by atoms with Crippen LogP contribution in [0.1, 0.15) is 97.2 Å². The molecule has 3 aromatic rings. The van der Waals surface area contributed by atoms with E-state index in [0.717, 1.165) is 19.1 Å². The molecule has 3 fully saturated rings. The Morgan fingerprint density at radius 1 is 1.02 bits per heavy atom. The number of imidazole rings is 1. The van der Waals surface area contributed by atoms with Crippen molar-refractivity contribution in [2.24, 2.45) is 17.8 Å². The Bertz CT molecular complexity index is 1520. The van der Waals surface area contributed by atoms with Crippen LogP contribution in [0.25, 0.3) is 5.65 Å². The van der Waals surface area contributed by atoms with Crippen molar-refractivity contribution in [2.45, 2.75) is 94.9 Å². The van der Waals surface area contributed by atoms with Gasteiger partial charge in [-0.05, 0) is 55.1 Å². The lowest BCUT2D eigenvalue weighted by atomic mass is 9.79. The number of hydrogen-bond acceptors (Lipinski definition) is 7. The quantitative estimate of drug-likeness (QED) is 0.241. The molecule has 0 aromatic carbocycles. The molecule has 3 aliphatic rings. The van der Waals surface area contributed by atoms with Crippen molar-refractivity contribution >= 4 is 17.5 Å². The Morgan fingerprint density at radius 2 is 1.73 bits per heavy atom. The second-order valence-corrected chi connectivity index (χ2v) is 12.4. The first-order valence-electron chi connectivity index (χ1n) is 14.9. The molecule has 2 N–H and O–H groups in total. The van der Waals surface area contributed by atoms with E-state index in [1.54, 1.807) is 18.5 Å². The van der Waals surface area contributed by atoms with Crippen LogP contribution in [0.4, 0.5) is 26.3 Å². The van der Waals surface area contributed by atoms with Gasteiger partial charge in [0.15, 0.2) is 5.65 Å². The highest BCUT2D eigenvalue weighted by molar-refractivity contribution is 5.95. The average Bonchev–Trinajstić information content (AvgIpc) is 3.53. The van der Waals surface area contributed by atoms with Gasteiger partial charge < -0.3 is 19.9 Å². The van der Waals surface area contributed by atoms with E-state index >= 15 is 0 Å². The summed E-state index contributed by atoms with van der Waals surface area (Å²) < 4.78 is 90.2. The molecule has 0 saturated heterocycles. The van der Waals surface area contributed by atoms with Crippen LogP contribution in [0.2, 0.25) is 0 Å². The lowest BCUT2D eigenvalue weighted by Crippen LogP contribution is -2.39. The number of nitrogens with one attached hydrogen (secondary N) is 2. The van der Waals surface area contributed by atoms with E-state index < -0.39 is 42.9 Å². The van der Waals surface area contributed by atoms with Crippen molar-refractivity contribution in [3.63, 3.8) is 0 Å². The number of nitrogens with zero attached hydrogens (tertiary/aromatic N) is 4. The number of rotatable bonds is 12. The van der Waals surface area contributed by atoms with Crippen LogP contribution >= 0.6 is 0 Å². The fourth-order valence-electron chi connectivity index (χ4n) is 6.30. The zero-order valence-corrected chi connectivity index (χ0v) is 24.0. The summed E-state index contributed by atoms with van der Waals surface area (Å²) in [5.74, 6) is -7.17. The smallest absolute Gasteiger partial charge is 0.345 e. The van der Waals surface area contributed by atoms with Crippen LogP contribution in [0.3, 0.4) is 0 Å². The number of alkyl halides is 6. The standard InChI is InChI=1S/C29H32F6N6O4/c30-27(31)44-14-21-19(13-45-40-21)26(43)39-25(17-3-5-28(32,33)6-4-17)20-12-41-22(37-20)8-18(11-36-41)24(16-1-2-16)38-23(42)7-15-9-29(34,35)10-15/h8,11-13,15-17,24-25,27H,1-7,9-10,14H2,(H,38,42)(H,39,43)/t24-,25+/m1/s1. The second-order valence-electron chi connectivity index (χ2n) is 12.4. The predicted octanol–water partition coefficient (Wildman–Crippen LogP) is 5.76. The maximum Gasteiger partial charge on any atom is 0.345 e. The van der Waals surface area contributed by atoms with E-state index in [4.69, 9.17) is 4.52 Å². The minimum atomic E-state index is -3.09. The van der Waals surface area contributed by atoms with E-state index in [9.17, 15) is 35.9 Å². The predicted molar refractivity (Wildman–Crippen MR) is 143 cm³/mol. The maximum absolute atomic E-state index is 14.0. The first-order chi connectivity index (χ1) is 21.4. The van der Waals surface area contributed by atoms with Crippen molar-refractivity contribution in [3.05, 3.63) is 47.2 Å². The number of halogens is 6. The van der Waals surface area contributed by atoms with Gasteiger partial charge in [-0.2, -0.15) is 13.9 Å². The average molecular weight is 643 g/mol. The van der Waals surface area contributed by atoms with Gasteiger partial charge in [0.25, 0.3) is 5.91 Å². The number of fused-ring (bicyclic) bond motifs is 1. The Kier molecular flexibility index (Phi) is 8.52. The Morgan fingerprint density at radius 3 is 2.40 bits per heavy atom. The molecule has 0 spiro atoms. The molecule has 3 heterocycles. The lowest BCUT2D eigenvalue weighted by molar-refractivity contribution is -0.138. The fourth-order valence-corrected chi connectivity index (χ4v) is 6.30. The maximum atomic E-state index is 14.0. The minimum absolute atomic E-state index is 0.0198. The van der Waals surface area contributed by atoms with Crippen molar-refractivity contribution in [3.8, 4) is 0 Å². The van der Waals surface area contributed by atoms with Crippen LogP contribution in [0.15, 0.2) is 29.2 Å². The lowest BCUT2D eigenvalue weighted by Gasteiger charge is -2.34. The van der Waals surface area contributed by atoms with E-state index in [1.165, 1.54) is 4.52 Å². The molecule has 244 valence electrons. The highest BCUT2D eigenvalue weighted by Crippen LogP contribution is 2.45. The summed E-state index contributed by atoms with van der Waals surface area (Å²) in [6.07, 6.45) is 4.79. The number of carbonyl (C=O) groups excluding carboxylic acids is 2. The third-order valence-electron chi connectivity index (χ3n) is 8.85. The number of carbonyl (C=O) groups is 2. The summed E-state index contributed by atoms with van der Waals surface area (Å²) >= 11 is 0. The van der Waals surface area contributed by atoms with Crippen molar-refractivity contribution in [1.29, 1.82) is 0 Å². The highest BCUT2D eigenvalue weighted by atomic mass is 19.3. The minimum Gasteiger partial charge on any atom is -0.364 e. The van der Waals surface area contributed by atoms with Crippen LogP contribution in [-0.4, -0.2) is 50.0 Å². The van der Waals surface area contributed by atoms with Gasteiger partial charge in [-0.25, -0.2) is 27.1 Å². The molecule has 0 bridgehead atoms. The van der Waals surface area contributed by atoms with Gasteiger partial charge in [0.2, 0.25) is 17.8 Å². The molecule has 0 radical (unpaired) electrons. The summed E-state index contributed by atoms with van der Waals surface area (Å²) in [5, 5.41) is 13.8. The zero-order valence-electron chi connectivity index (χ0n) is 24.0. The van der Waals surface area contributed by atoms with E-state index in [0.29, 0.717) is 16.9 Å². The summed E-state index contributed by atoms with van der Waals surface area (Å²) in [6, 6.07) is 0.525. The van der Waals surface area contributed by atoms with Gasteiger partial charge in [0, 0.05) is 32.1 Å². The monoisotopic (exact) mass is 642 g/mol. The summed E-state index contributed by atoms with van der Waals surface area (Å²) in [4.78, 5) is 30.6. The molecule has 45 heavy (non-hydrogen) atoms. The topological polar surface area (TPSA) is 124 Å².